The molecule has 1 fully saturated rings. The van der Waals surface area contributed by atoms with Crippen molar-refractivity contribution in [3.63, 3.8) is 0 Å². The van der Waals surface area contributed by atoms with E-state index in [0.29, 0.717) is 16.7 Å². The number of hydrogen-bond acceptors (Lipinski definition) is 4. The van der Waals surface area contributed by atoms with E-state index in [9.17, 15) is 9.35 Å². The van der Waals surface area contributed by atoms with Gasteiger partial charge in [0.15, 0.2) is 0 Å². The van der Waals surface area contributed by atoms with Crippen LogP contribution in [0.2, 0.25) is 0 Å². The maximum atomic E-state index is 16.8. The highest BCUT2D eigenvalue weighted by Crippen LogP contribution is 2.53. The Hall–Kier alpha value is -1.70. The van der Waals surface area contributed by atoms with Crippen molar-refractivity contribution in [3.8, 4) is 0 Å². The second kappa shape index (κ2) is 9.88. The van der Waals surface area contributed by atoms with Crippen molar-refractivity contribution in [1.82, 2.24) is 4.72 Å². The SMILES string of the molecule is CCOC(=O)CC(N[S@+]([O-])C(C)(C)C)C1C(F)=C(C2CC2)C=C(c2ccccc2C)C1(C)F. The molecule has 3 unspecified atom stereocenters. The zero-order valence-electron chi connectivity index (χ0n) is 20.3. The predicted octanol–water partition coefficient (Wildman–Crippen LogP) is 5.74. The first-order chi connectivity index (χ1) is 15.4. The molecule has 1 aromatic rings. The summed E-state index contributed by atoms with van der Waals surface area (Å²) in [5, 5.41) is 0. The van der Waals surface area contributed by atoms with Gasteiger partial charge in [0.2, 0.25) is 0 Å². The van der Waals surface area contributed by atoms with Gasteiger partial charge in [-0.25, -0.2) is 8.78 Å². The number of hydrogen-bond donors (Lipinski definition) is 1. The van der Waals surface area contributed by atoms with E-state index < -0.39 is 45.5 Å². The number of rotatable bonds is 8. The molecule has 1 aromatic carbocycles. The van der Waals surface area contributed by atoms with Gasteiger partial charge in [0.25, 0.3) is 0 Å². The van der Waals surface area contributed by atoms with Crippen molar-refractivity contribution >= 4 is 22.9 Å². The molecule has 0 aliphatic heterocycles. The van der Waals surface area contributed by atoms with Gasteiger partial charge in [-0.3, -0.25) is 4.79 Å². The van der Waals surface area contributed by atoms with Gasteiger partial charge in [-0.2, -0.15) is 0 Å². The number of benzene rings is 1. The van der Waals surface area contributed by atoms with Gasteiger partial charge in [-0.15, -0.1) is 4.72 Å². The maximum absolute atomic E-state index is 16.8. The van der Waals surface area contributed by atoms with E-state index >= 15 is 8.78 Å². The smallest absolute Gasteiger partial charge is 0.307 e. The molecule has 1 N–H and O–H groups in total. The van der Waals surface area contributed by atoms with Gasteiger partial charge >= 0.3 is 5.97 Å². The van der Waals surface area contributed by atoms with Crippen LogP contribution in [-0.2, 0) is 20.9 Å². The molecule has 7 heteroatoms. The molecule has 182 valence electrons. The number of ether oxygens (including phenoxy) is 1. The number of esters is 1. The minimum Gasteiger partial charge on any atom is -0.598 e. The van der Waals surface area contributed by atoms with Gasteiger partial charge in [-0.1, -0.05) is 24.3 Å². The molecule has 1 saturated carbocycles. The van der Waals surface area contributed by atoms with Gasteiger partial charge in [0.05, 0.1) is 25.0 Å². The summed E-state index contributed by atoms with van der Waals surface area (Å²) in [5.41, 5.74) is 0.347. The quantitative estimate of drug-likeness (QED) is 0.381. The average molecular weight is 480 g/mol. The number of carbonyl (C=O) groups is 1. The third kappa shape index (κ3) is 5.69. The lowest BCUT2D eigenvalue weighted by atomic mass is 9.70. The molecule has 0 amide bonds. The molecule has 0 saturated heterocycles. The minimum atomic E-state index is -2.14. The summed E-state index contributed by atoms with van der Waals surface area (Å²) in [4.78, 5) is 12.4. The number of allylic oxidation sites excluding steroid dienone is 3. The topological polar surface area (TPSA) is 61.4 Å². The van der Waals surface area contributed by atoms with E-state index in [1.807, 2.05) is 31.2 Å². The number of alkyl halides is 1. The Kier molecular flexibility index (Phi) is 7.76. The molecule has 33 heavy (non-hydrogen) atoms. The van der Waals surface area contributed by atoms with Crippen molar-refractivity contribution in [3.05, 3.63) is 52.9 Å². The lowest BCUT2D eigenvalue weighted by Gasteiger charge is -2.41. The Bertz CT molecular complexity index is 947. The molecule has 4 atom stereocenters. The second-order valence-corrected chi connectivity index (χ2v) is 12.1. The fourth-order valence-corrected chi connectivity index (χ4v) is 5.22. The van der Waals surface area contributed by atoms with Crippen LogP contribution in [0, 0.1) is 18.8 Å². The average Bonchev–Trinajstić information content (AvgIpc) is 3.53. The summed E-state index contributed by atoms with van der Waals surface area (Å²) < 4.78 is 53.1. The highest BCUT2D eigenvalue weighted by atomic mass is 32.2. The van der Waals surface area contributed by atoms with Crippen LogP contribution < -0.4 is 4.72 Å². The summed E-state index contributed by atoms with van der Waals surface area (Å²) in [5.74, 6) is -2.42. The molecular formula is C26H35F2NO3S. The summed E-state index contributed by atoms with van der Waals surface area (Å²) in [7, 11) is 0. The lowest BCUT2D eigenvalue weighted by Crippen LogP contribution is -2.54. The summed E-state index contributed by atoms with van der Waals surface area (Å²) in [6.45, 7) is 10.4. The van der Waals surface area contributed by atoms with Crippen LogP contribution >= 0.6 is 0 Å². The van der Waals surface area contributed by atoms with Crippen LogP contribution in [0.4, 0.5) is 8.78 Å². The Morgan fingerprint density at radius 1 is 1.33 bits per heavy atom. The summed E-state index contributed by atoms with van der Waals surface area (Å²) in [6, 6.07) is 6.41. The Morgan fingerprint density at radius 3 is 2.52 bits per heavy atom. The predicted molar refractivity (Wildman–Crippen MR) is 129 cm³/mol. The zero-order valence-corrected chi connectivity index (χ0v) is 21.2. The first-order valence-corrected chi connectivity index (χ1v) is 12.7. The van der Waals surface area contributed by atoms with E-state index in [4.69, 9.17) is 4.74 Å². The molecule has 0 heterocycles. The van der Waals surface area contributed by atoms with E-state index in [1.54, 1.807) is 33.8 Å². The number of aryl methyl sites for hydroxylation is 1. The fourth-order valence-electron chi connectivity index (χ4n) is 4.37. The Labute approximate surface area is 199 Å². The summed E-state index contributed by atoms with van der Waals surface area (Å²) in [6.07, 6.45) is 3.07. The molecular weight excluding hydrogens is 444 g/mol. The van der Waals surface area contributed by atoms with Crippen LogP contribution in [0.15, 0.2) is 41.7 Å². The fraction of sp³-hybridized carbons (Fsp3) is 0.577. The first-order valence-electron chi connectivity index (χ1n) is 11.6. The molecule has 4 nitrogen and oxygen atoms in total. The number of nitrogens with one attached hydrogen (secondary N) is 1. The number of carbonyl (C=O) groups excluding carboxylic acids is 1. The first kappa shape index (κ1) is 25.9. The molecule has 0 aromatic heterocycles. The normalized spacial score (nSPS) is 25.5. The number of halogens is 2. The van der Waals surface area contributed by atoms with Crippen LogP contribution in [0.5, 0.6) is 0 Å². The van der Waals surface area contributed by atoms with Crippen molar-refractivity contribution in [2.24, 2.45) is 11.8 Å². The van der Waals surface area contributed by atoms with Crippen molar-refractivity contribution in [1.29, 1.82) is 0 Å². The standard InChI is InChI=1S/C26H35F2NO3S/c1-7-32-22(30)15-21(29-33(31)25(3,4)5)23-24(27)19(17-12-13-17)14-20(26(23,6)28)18-11-9-8-10-16(18)2/h8-11,14,17,21,23,29H,7,12-13,15H2,1-6H3/t21?,23?,26?,33-/m1/s1. The highest BCUT2D eigenvalue weighted by Gasteiger charge is 2.52. The molecule has 2 aliphatic carbocycles. The Morgan fingerprint density at radius 2 is 1.97 bits per heavy atom. The molecule has 2 aliphatic rings. The zero-order chi connectivity index (χ0) is 24.6. The molecule has 0 bridgehead atoms. The van der Waals surface area contributed by atoms with Crippen LogP contribution in [0.1, 0.15) is 65.0 Å². The third-order valence-electron chi connectivity index (χ3n) is 6.32. The molecule has 3 rings (SSSR count). The van der Waals surface area contributed by atoms with Crippen molar-refractivity contribution in [2.75, 3.05) is 6.61 Å². The second-order valence-electron chi connectivity index (χ2n) is 10.1. The van der Waals surface area contributed by atoms with E-state index in [0.717, 1.165) is 18.4 Å². The van der Waals surface area contributed by atoms with E-state index in [-0.39, 0.29) is 18.9 Å². The van der Waals surface area contributed by atoms with Gasteiger partial charge in [0.1, 0.15) is 16.2 Å². The largest absolute Gasteiger partial charge is 0.598 e. The van der Waals surface area contributed by atoms with Gasteiger partial charge in [0, 0.05) is 11.4 Å². The third-order valence-corrected chi connectivity index (χ3v) is 7.95. The summed E-state index contributed by atoms with van der Waals surface area (Å²) >= 11 is -1.64. The van der Waals surface area contributed by atoms with Crippen molar-refractivity contribution in [2.45, 2.75) is 77.3 Å². The maximum Gasteiger partial charge on any atom is 0.307 e. The van der Waals surface area contributed by atoms with Crippen LogP contribution in [0.3, 0.4) is 0 Å². The van der Waals surface area contributed by atoms with Gasteiger partial charge in [-0.05, 0) is 88.7 Å². The molecule has 0 spiro atoms. The molecule has 0 radical (unpaired) electrons. The van der Waals surface area contributed by atoms with Crippen LogP contribution in [-0.4, -0.2) is 33.6 Å². The van der Waals surface area contributed by atoms with E-state index in [2.05, 4.69) is 4.72 Å². The Balaban J connectivity index is 2.11. The monoisotopic (exact) mass is 479 g/mol. The highest BCUT2D eigenvalue weighted by molar-refractivity contribution is 7.90. The lowest BCUT2D eigenvalue weighted by molar-refractivity contribution is -0.144. The van der Waals surface area contributed by atoms with Gasteiger partial charge < -0.3 is 9.29 Å². The van der Waals surface area contributed by atoms with Crippen LogP contribution in [0.25, 0.3) is 5.57 Å². The minimum absolute atomic E-state index is 0.0407. The van der Waals surface area contributed by atoms with E-state index in [1.165, 1.54) is 6.92 Å². The van der Waals surface area contributed by atoms with Crippen molar-refractivity contribution < 1.29 is 22.9 Å².